The van der Waals surface area contributed by atoms with Gasteiger partial charge in [-0.05, 0) is 23.3 Å². The number of rotatable bonds is 1. The van der Waals surface area contributed by atoms with E-state index in [4.69, 9.17) is 0 Å². The molecular weight excluding hydrogens is 196 g/mol. The molecule has 1 unspecified atom stereocenters. The molecule has 3 rings (SSSR count). The van der Waals surface area contributed by atoms with Crippen LogP contribution in [-0.2, 0) is 6.54 Å². The van der Waals surface area contributed by atoms with Crippen LogP contribution in [0.4, 0.5) is 0 Å². The van der Waals surface area contributed by atoms with Crippen molar-refractivity contribution in [2.45, 2.75) is 19.0 Å². The van der Waals surface area contributed by atoms with Crippen molar-refractivity contribution in [1.29, 1.82) is 0 Å². The Morgan fingerprint density at radius 2 is 2.19 bits per heavy atom. The van der Waals surface area contributed by atoms with Crippen LogP contribution in [0.1, 0.15) is 17.5 Å². The standard InChI is InChI=1S/C14H14N2/c1-2-4-13-11-16(10-7-12(13)3-1)14-5-8-15-9-6-14/h1-5,7-10,14H,6,11H2. The zero-order valence-electron chi connectivity index (χ0n) is 9.08. The maximum atomic E-state index is 4.11. The summed E-state index contributed by atoms with van der Waals surface area (Å²) in [5.74, 6) is 0. The lowest BCUT2D eigenvalue weighted by molar-refractivity contribution is 0.315. The van der Waals surface area contributed by atoms with E-state index in [2.05, 4.69) is 52.5 Å². The third-order valence-corrected chi connectivity index (χ3v) is 3.13. The lowest BCUT2D eigenvalue weighted by Gasteiger charge is -2.31. The first kappa shape index (κ1) is 9.40. The van der Waals surface area contributed by atoms with Gasteiger partial charge in [-0.25, -0.2) is 0 Å². The molecule has 0 aliphatic carbocycles. The molecule has 0 fully saturated rings. The Morgan fingerprint density at radius 1 is 1.25 bits per heavy atom. The Kier molecular flexibility index (Phi) is 2.33. The van der Waals surface area contributed by atoms with Crippen molar-refractivity contribution in [2.75, 3.05) is 0 Å². The summed E-state index contributed by atoms with van der Waals surface area (Å²) in [6, 6.07) is 9.02. The van der Waals surface area contributed by atoms with E-state index in [9.17, 15) is 0 Å². The highest BCUT2D eigenvalue weighted by Crippen LogP contribution is 2.22. The lowest BCUT2D eigenvalue weighted by atomic mass is 10.0. The fourth-order valence-electron chi connectivity index (χ4n) is 2.20. The Balaban J connectivity index is 1.83. The molecule has 16 heavy (non-hydrogen) atoms. The smallest absolute Gasteiger partial charge is 0.0538 e. The van der Waals surface area contributed by atoms with Crippen LogP contribution in [0.2, 0.25) is 0 Å². The molecule has 1 aromatic carbocycles. The van der Waals surface area contributed by atoms with E-state index in [0.717, 1.165) is 13.0 Å². The van der Waals surface area contributed by atoms with Crippen LogP contribution in [0.25, 0.3) is 6.08 Å². The summed E-state index contributed by atoms with van der Waals surface area (Å²) in [6.45, 7) is 0.996. The van der Waals surface area contributed by atoms with Crippen LogP contribution in [-0.4, -0.2) is 17.2 Å². The third-order valence-electron chi connectivity index (χ3n) is 3.13. The minimum absolute atomic E-state index is 0.460. The second-order valence-corrected chi connectivity index (χ2v) is 4.16. The van der Waals surface area contributed by atoms with E-state index < -0.39 is 0 Å². The molecule has 2 heterocycles. The summed E-state index contributed by atoms with van der Waals surface area (Å²) in [7, 11) is 0. The molecule has 0 spiro atoms. The summed E-state index contributed by atoms with van der Waals surface area (Å²) < 4.78 is 0. The van der Waals surface area contributed by atoms with E-state index in [-0.39, 0.29) is 0 Å². The van der Waals surface area contributed by atoms with Crippen molar-refractivity contribution in [2.24, 2.45) is 4.99 Å². The van der Waals surface area contributed by atoms with Gasteiger partial charge >= 0.3 is 0 Å². The molecule has 0 aromatic heterocycles. The van der Waals surface area contributed by atoms with Crippen LogP contribution < -0.4 is 0 Å². The van der Waals surface area contributed by atoms with Crippen molar-refractivity contribution >= 4 is 12.3 Å². The van der Waals surface area contributed by atoms with Crippen LogP contribution in [0.15, 0.2) is 47.7 Å². The molecule has 1 atom stereocenters. The summed E-state index contributed by atoms with van der Waals surface area (Å²) in [5, 5.41) is 0. The zero-order chi connectivity index (χ0) is 10.8. The molecule has 0 amide bonds. The Bertz CT molecular complexity index is 471. The van der Waals surface area contributed by atoms with E-state index >= 15 is 0 Å². The quantitative estimate of drug-likeness (QED) is 0.696. The van der Waals surface area contributed by atoms with Gasteiger partial charge in [0.1, 0.15) is 0 Å². The molecule has 1 aromatic rings. The summed E-state index contributed by atoms with van der Waals surface area (Å²) in [6.07, 6.45) is 11.4. The predicted octanol–water partition coefficient (Wildman–Crippen LogP) is 2.83. The molecule has 0 saturated heterocycles. The van der Waals surface area contributed by atoms with Gasteiger partial charge in [0, 0.05) is 31.6 Å². The van der Waals surface area contributed by atoms with Crippen LogP contribution in [0.5, 0.6) is 0 Å². The highest BCUT2D eigenvalue weighted by atomic mass is 15.1. The highest BCUT2D eigenvalue weighted by Gasteiger charge is 2.17. The Hall–Kier alpha value is -1.83. The molecule has 2 heteroatoms. The highest BCUT2D eigenvalue weighted by molar-refractivity contribution is 5.61. The van der Waals surface area contributed by atoms with Crippen LogP contribution >= 0.6 is 0 Å². The van der Waals surface area contributed by atoms with Gasteiger partial charge in [-0.15, -0.1) is 0 Å². The minimum atomic E-state index is 0.460. The van der Waals surface area contributed by atoms with E-state index in [1.807, 2.05) is 12.4 Å². The first-order valence-electron chi connectivity index (χ1n) is 5.64. The normalized spacial score (nSPS) is 22.2. The van der Waals surface area contributed by atoms with Crippen molar-refractivity contribution < 1.29 is 0 Å². The predicted molar refractivity (Wildman–Crippen MR) is 67.1 cm³/mol. The van der Waals surface area contributed by atoms with E-state index in [0.29, 0.717) is 6.04 Å². The fourth-order valence-corrected chi connectivity index (χ4v) is 2.20. The number of nitrogens with zero attached hydrogens (tertiary/aromatic N) is 2. The average molecular weight is 210 g/mol. The number of hydrogen-bond acceptors (Lipinski definition) is 2. The lowest BCUT2D eigenvalue weighted by Crippen LogP contribution is -2.31. The Morgan fingerprint density at radius 3 is 3.06 bits per heavy atom. The Labute approximate surface area is 95.6 Å². The third kappa shape index (κ3) is 1.67. The monoisotopic (exact) mass is 210 g/mol. The van der Waals surface area contributed by atoms with Crippen LogP contribution in [0.3, 0.4) is 0 Å². The maximum absolute atomic E-state index is 4.11. The molecule has 0 N–H and O–H groups in total. The van der Waals surface area contributed by atoms with Gasteiger partial charge in [0.25, 0.3) is 0 Å². The molecule has 2 nitrogen and oxygen atoms in total. The minimum Gasteiger partial charge on any atom is -0.366 e. The van der Waals surface area contributed by atoms with Gasteiger partial charge in [0.05, 0.1) is 6.04 Å². The van der Waals surface area contributed by atoms with Gasteiger partial charge in [-0.2, -0.15) is 0 Å². The zero-order valence-corrected chi connectivity index (χ0v) is 9.08. The first-order valence-corrected chi connectivity index (χ1v) is 5.64. The van der Waals surface area contributed by atoms with E-state index in [1.165, 1.54) is 11.1 Å². The molecule has 80 valence electrons. The van der Waals surface area contributed by atoms with Crippen LogP contribution in [0, 0.1) is 0 Å². The van der Waals surface area contributed by atoms with Gasteiger partial charge < -0.3 is 4.90 Å². The largest absolute Gasteiger partial charge is 0.366 e. The summed E-state index contributed by atoms with van der Waals surface area (Å²) in [5.41, 5.74) is 2.74. The van der Waals surface area contributed by atoms with Gasteiger partial charge in [-0.3, -0.25) is 4.99 Å². The first-order chi connectivity index (χ1) is 7.93. The fraction of sp³-hybridized carbons (Fsp3) is 0.214. The van der Waals surface area contributed by atoms with Crippen molar-refractivity contribution in [3.8, 4) is 0 Å². The molecule has 0 bridgehead atoms. The maximum Gasteiger partial charge on any atom is 0.0538 e. The summed E-state index contributed by atoms with van der Waals surface area (Å²) in [4.78, 5) is 6.48. The van der Waals surface area contributed by atoms with Gasteiger partial charge in [0.2, 0.25) is 0 Å². The number of benzene rings is 1. The SMILES string of the molecule is C1=CC(N2C=Cc3ccccc3C2)CC=N1. The molecule has 0 saturated carbocycles. The molecular formula is C14H14N2. The number of aliphatic imine (C=N–C) groups is 1. The average Bonchev–Trinajstić information content (AvgIpc) is 2.39. The van der Waals surface area contributed by atoms with Crippen molar-refractivity contribution in [3.05, 3.63) is 53.9 Å². The number of fused-ring (bicyclic) bond motifs is 1. The van der Waals surface area contributed by atoms with Gasteiger partial charge in [0.15, 0.2) is 0 Å². The summed E-state index contributed by atoms with van der Waals surface area (Å²) >= 11 is 0. The second-order valence-electron chi connectivity index (χ2n) is 4.16. The molecule has 2 aliphatic rings. The van der Waals surface area contributed by atoms with Crippen molar-refractivity contribution in [1.82, 2.24) is 4.90 Å². The van der Waals surface area contributed by atoms with E-state index in [1.54, 1.807) is 0 Å². The second kappa shape index (κ2) is 3.97. The molecule has 0 radical (unpaired) electrons. The molecule has 2 aliphatic heterocycles. The van der Waals surface area contributed by atoms with Crippen molar-refractivity contribution in [3.63, 3.8) is 0 Å². The topological polar surface area (TPSA) is 15.6 Å². The van der Waals surface area contributed by atoms with Gasteiger partial charge in [-0.1, -0.05) is 24.3 Å². The number of hydrogen-bond donors (Lipinski definition) is 0.